The normalized spacial score (nSPS) is 14.3. The van der Waals surface area contributed by atoms with E-state index in [1.54, 1.807) is 6.20 Å². The Bertz CT molecular complexity index is 892. The van der Waals surface area contributed by atoms with Crippen LogP contribution in [0.1, 0.15) is 58.1 Å². The molecule has 14 nitrogen and oxygen atoms in total. The molecule has 0 aliphatic carbocycles. The minimum Gasteiger partial charge on any atom is -0.480 e. The average Bonchev–Trinajstić information content (AvgIpc) is 3.32. The number of unbranched alkanes of at least 4 members (excludes halogenated alkanes) is 1. The number of hydrogen-bond acceptors (Lipinski definition) is 8. The first-order chi connectivity index (χ1) is 17.4. The number of hydrogen-bond donors (Lipinski definition) is 8. The second-order valence-electron chi connectivity index (χ2n) is 9.33. The molecule has 1 aromatic heterocycles. The quantitative estimate of drug-likeness (QED) is 0.101. The Kier molecular flexibility index (Phi) is 13.9. The molecule has 0 fully saturated rings. The SMILES string of the molecule is CC(C)CC(NC(=O)C(CCCCN)NC(=O)C(N)Cc1cnc[nH]1)C(=O)NC(CCC(N)=O)C(=O)O. The zero-order valence-electron chi connectivity index (χ0n) is 21.4. The van der Waals surface area contributed by atoms with E-state index >= 15 is 0 Å². The monoisotopic (exact) mass is 524 g/mol. The maximum atomic E-state index is 13.2. The Morgan fingerprint density at radius 1 is 0.973 bits per heavy atom. The lowest BCUT2D eigenvalue weighted by Crippen LogP contribution is -2.57. The molecule has 37 heavy (non-hydrogen) atoms. The first kappa shape index (κ1) is 31.5. The Labute approximate surface area is 215 Å². The zero-order chi connectivity index (χ0) is 28.0. The highest BCUT2D eigenvalue weighted by Crippen LogP contribution is 2.09. The van der Waals surface area contributed by atoms with Crippen molar-refractivity contribution < 1.29 is 29.1 Å². The molecular formula is C23H40N8O6. The highest BCUT2D eigenvalue weighted by atomic mass is 16.4. The van der Waals surface area contributed by atoms with E-state index in [2.05, 4.69) is 25.9 Å². The zero-order valence-corrected chi connectivity index (χ0v) is 21.4. The van der Waals surface area contributed by atoms with Gasteiger partial charge < -0.3 is 43.2 Å². The third-order valence-electron chi connectivity index (χ3n) is 5.55. The lowest BCUT2D eigenvalue weighted by Gasteiger charge is -2.26. The molecule has 0 radical (unpaired) electrons. The number of nitrogens with two attached hydrogens (primary N) is 3. The van der Waals surface area contributed by atoms with Gasteiger partial charge in [-0.15, -0.1) is 0 Å². The van der Waals surface area contributed by atoms with E-state index in [0.717, 1.165) is 0 Å². The molecule has 1 aromatic rings. The van der Waals surface area contributed by atoms with Crippen LogP contribution in [-0.4, -0.2) is 75.4 Å². The van der Waals surface area contributed by atoms with Crippen LogP contribution < -0.4 is 33.2 Å². The Morgan fingerprint density at radius 2 is 1.59 bits per heavy atom. The van der Waals surface area contributed by atoms with Crippen molar-refractivity contribution in [3.63, 3.8) is 0 Å². The van der Waals surface area contributed by atoms with Crippen molar-refractivity contribution in [3.05, 3.63) is 18.2 Å². The minimum absolute atomic E-state index is 0.0296. The summed E-state index contributed by atoms with van der Waals surface area (Å²) in [5.41, 5.74) is 17.3. The fraction of sp³-hybridized carbons (Fsp3) is 0.652. The number of carbonyl (C=O) groups excluding carboxylic acids is 4. The number of carboxylic acids is 1. The molecule has 14 heteroatoms. The maximum Gasteiger partial charge on any atom is 0.326 e. The Hall–Kier alpha value is -3.52. The van der Waals surface area contributed by atoms with Gasteiger partial charge in [-0.1, -0.05) is 13.8 Å². The van der Waals surface area contributed by atoms with Crippen LogP contribution in [0.2, 0.25) is 0 Å². The van der Waals surface area contributed by atoms with Crippen molar-refractivity contribution in [2.24, 2.45) is 23.1 Å². The van der Waals surface area contributed by atoms with Crippen molar-refractivity contribution in [3.8, 4) is 0 Å². The molecule has 1 heterocycles. The second kappa shape index (κ2) is 16.3. The third kappa shape index (κ3) is 12.3. The molecule has 4 unspecified atom stereocenters. The molecule has 4 amide bonds. The number of rotatable bonds is 18. The van der Waals surface area contributed by atoms with Crippen LogP contribution in [0.15, 0.2) is 12.5 Å². The van der Waals surface area contributed by atoms with Crippen molar-refractivity contribution in [1.29, 1.82) is 0 Å². The van der Waals surface area contributed by atoms with Gasteiger partial charge in [0.1, 0.15) is 18.1 Å². The third-order valence-corrected chi connectivity index (χ3v) is 5.55. The van der Waals surface area contributed by atoms with Gasteiger partial charge in [0, 0.05) is 24.7 Å². The van der Waals surface area contributed by atoms with Gasteiger partial charge in [-0.25, -0.2) is 9.78 Å². The molecule has 4 atom stereocenters. The number of amides is 4. The average molecular weight is 525 g/mol. The molecule has 0 aliphatic rings. The van der Waals surface area contributed by atoms with Crippen molar-refractivity contribution in [2.75, 3.05) is 6.54 Å². The number of carbonyl (C=O) groups is 5. The van der Waals surface area contributed by atoms with Crippen LogP contribution in [0.4, 0.5) is 0 Å². The van der Waals surface area contributed by atoms with Crippen LogP contribution in [0.25, 0.3) is 0 Å². The number of nitrogens with one attached hydrogen (secondary N) is 4. The smallest absolute Gasteiger partial charge is 0.326 e. The van der Waals surface area contributed by atoms with Gasteiger partial charge >= 0.3 is 5.97 Å². The molecule has 0 bridgehead atoms. The summed E-state index contributed by atoms with van der Waals surface area (Å²) in [5, 5.41) is 17.1. The molecule has 11 N–H and O–H groups in total. The molecule has 1 rings (SSSR count). The molecule has 0 aliphatic heterocycles. The minimum atomic E-state index is -1.35. The van der Waals surface area contributed by atoms with Crippen LogP contribution in [0, 0.1) is 5.92 Å². The summed E-state index contributed by atoms with van der Waals surface area (Å²) in [4.78, 5) is 68.1. The molecule has 0 saturated carbocycles. The summed E-state index contributed by atoms with van der Waals surface area (Å²) in [6, 6.07) is -4.36. The molecule has 0 aromatic carbocycles. The fourth-order valence-corrected chi connectivity index (χ4v) is 3.56. The van der Waals surface area contributed by atoms with Crippen LogP contribution in [0.5, 0.6) is 0 Å². The maximum absolute atomic E-state index is 13.2. The number of aromatic amines is 1. The van der Waals surface area contributed by atoms with E-state index in [-0.39, 0.29) is 38.0 Å². The van der Waals surface area contributed by atoms with E-state index < -0.39 is 53.8 Å². The van der Waals surface area contributed by atoms with Gasteiger partial charge in [0.25, 0.3) is 0 Å². The molecule has 0 spiro atoms. The first-order valence-electron chi connectivity index (χ1n) is 12.3. The van der Waals surface area contributed by atoms with Crippen LogP contribution in [0.3, 0.4) is 0 Å². The van der Waals surface area contributed by atoms with Crippen molar-refractivity contribution >= 4 is 29.6 Å². The number of H-pyrrole nitrogens is 1. The summed E-state index contributed by atoms with van der Waals surface area (Å²) in [5.74, 6) is -3.94. The predicted octanol–water partition coefficient (Wildman–Crippen LogP) is -1.74. The van der Waals surface area contributed by atoms with E-state index in [9.17, 15) is 29.1 Å². The number of primary amides is 1. The van der Waals surface area contributed by atoms with Crippen LogP contribution in [-0.2, 0) is 30.4 Å². The lowest BCUT2D eigenvalue weighted by atomic mass is 10.0. The summed E-state index contributed by atoms with van der Waals surface area (Å²) < 4.78 is 0. The number of imidazole rings is 1. The number of carboxylic acid groups (broad SMARTS) is 1. The highest BCUT2D eigenvalue weighted by Gasteiger charge is 2.30. The van der Waals surface area contributed by atoms with Gasteiger partial charge in [-0.3, -0.25) is 19.2 Å². The van der Waals surface area contributed by atoms with E-state index in [1.165, 1.54) is 6.33 Å². The fourth-order valence-electron chi connectivity index (χ4n) is 3.56. The topological polar surface area (TPSA) is 248 Å². The van der Waals surface area contributed by atoms with E-state index in [4.69, 9.17) is 17.2 Å². The number of aliphatic carboxylic acids is 1. The van der Waals surface area contributed by atoms with Gasteiger partial charge in [-0.2, -0.15) is 0 Å². The van der Waals surface area contributed by atoms with Gasteiger partial charge in [-0.05, 0) is 44.6 Å². The Balaban J connectivity index is 2.95. The van der Waals surface area contributed by atoms with Gasteiger partial charge in [0.2, 0.25) is 23.6 Å². The van der Waals surface area contributed by atoms with Gasteiger partial charge in [0.05, 0.1) is 12.4 Å². The molecule has 208 valence electrons. The molecular weight excluding hydrogens is 484 g/mol. The van der Waals surface area contributed by atoms with Gasteiger partial charge in [0.15, 0.2) is 0 Å². The summed E-state index contributed by atoms with van der Waals surface area (Å²) in [6.45, 7) is 4.08. The van der Waals surface area contributed by atoms with Crippen molar-refractivity contribution in [1.82, 2.24) is 25.9 Å². The standard InChI is InChI=1S/C23H40N8O6/c1-13(2)9-18(22(35)30-17(23(36)37)6-7-19(26)32)31-21(34)16(5-3-4-8-24)29-20(33)15(25)10-14-11-27-12-28-14/h11-13,15-18H,3-10,24-25H2,1-2H3,(H2,26,32)(H,27,28)(H,29,33)(H,30,35)(H,31,34)(H,36,37). The summed E-state index contributed by atoms with van der Waals surface area (Å²) >= 11 is 0. The largest absolute Gasteiger partial charge is 0.480 e. The number of nitrogens with zero attached hydrogens (tertiary/aromatic N) is 1. The summed E-state index contributed by atoms with van der Waals surface area (Å²) in [7, 11) is 0. The molecule has 0 saturated heterocycles. The Morgan fingerprint density at radius 3 is 2.14 bits per heavy atom. The number of aromatic nitrogens is 2. The van der Waals surface area contributed by atoms with E-state index in [0.29, 0.717) is 25.1 Å². The van der Waals surface area contributed by atoms with E-state index in [1.807, 2.05) is 13.8 Å². The lowest BCUT2D eigenvalue weighted by molar-refractivity contribution is -0.142. The van der Waals surface area contributed by atoms with Crippen LogP contribution >= 0.6 is 0 Å². The first-order valence-corrected chi connectivity index (χ1v) is 12.3. The van der Waals surface area contributed by atoms with Crippen molar-refractivity contribution in [2.45, 2.75) is 83.0 Å². The second-order valence-corrected chi connectivity index (χ2v) is 9.33. The highest BCUT2D eigenvalue weighted by molar-refractivity contribution is 5.94. The summed E-state index contributed by atoms with van der Waals surface area (Å²) in [6.07, 6.45) is 4.41. The predicted molar refractivity (Wildman–Crippen MR) is 134 cm³/mol.